The minimum absolute atomic E-state index is 0.416. The molecule has 0 fully saturated rings. The van der Waals surface area contributed by atoms with Crippen molar-refractivity contribution < 1.29 is 9.09 Å². The van der Waals surface area contributed by atoms with Gasteiger partial charge in [0.15, 0.2) is 0 Å². The molecule has 0 heterocycles. The van der Waals surface area contributed by atoms with Gasteiger partial charge < -0.3 is 4.52 Å². The van der Waals surface area contributed by atoms with Gasteiger partial charge in [0.25, 0.3) is 7.37 Å². The maximum absolute atomic E-state index is 13.4. The number of hydrogen-bond acceptors (Lipinski definition) is 2. The highest BCUT2D eigenvalue weighted by molar-refractivity contribution is 7.74. The van der Waals surface area contributed by atoms with Crippen LogP contribution in [0.2, 0.25) is 0 Å². The first-order valence-corrected chi connectivity index (χ1v) is 8.66. The molecule has 0 aliphatic rings. The molecule has 0 amide bonds. The third kappa shape index (κ3) is 2.65. The Labute approximate surface area is 124 Å². The summed E-state index contributed by atoms with van der Waals surface area (Å²) in [6.45, 7) is 2.29. The molecule has 0 saturated heterocycles. The molecule has 0 radical (unpaired) electrons. The molecule has 2 nitrogen and oxygen atoms in total. The molecule has 0 spiro atoms. The van der Waals surface area contributed by atoms with Gasteiger partial charge in [-0.2, -0.15) is 0 Å². The smallest absolute Gasteiger partial charge is 0.261 e. The quantitative estimate of drug-likeness (QED) is 0.677. The topological polar surface area (TPSA) is 26.3 Å². The third-order valence-corrected chi connectivity index (χ3v) is 6.04. The van der Waals surface area contributed by atoms with Gasteiger partial charge in [0, 0.05) is 10.6 Å². The molecule has 106 valence electrons. The lowest BCUT2D eigenvalue weighted by atomic mass is 10.1. The van der Waals surface area contributed by atoms with Crippen molar-refractivity contribution in [2.24, 2.45) is 0 Å². The minimum Gasteiger partial charge on any atom is -0.322 e. The fourth-order valence-corrected chi connectivity index (χ4v) is 4.57. The van der Waals surface area contributed by atoms with Crippen LogP contribution in [-0.2, 0) is 9.09 Å². The zero-order valence-corrected chi connectivity index (χ0v) is 12.8. The average Bonchev–Trinajstić information content (AvgIpc) is 2.55. The molecule has 0 saturated carbocycles. The van der Waals surface area contributed by atoms with Crippen molar-refractivity contribution in [2.75, 3.05) is 6.61 Å². The van der Waals surface area contributed by atoms with Crippen LogP contribution in [0.1, 0.15) is 6.92 Å². The molecule has 0 bridgehead atoms. The molecule has 21 heavy (non-hydrogen) atoms. The van der Waals surface area contributed by atoms with Crippen molar-refractivity contribution in [3.05, 3.63) is 72.8 Å². The van der Waals surface area contributed by atoms with Crippen molar-refractivity contribution in [3.8, 4) is 0 Å². The summed E-state index contributed by atoms with van der Waals surface area (Å²) in [6, 6.07) is 23.4. The van der Waals surface area contributed by atoms with E-state index in [1.54, 1.807) is 0 Å². The molecule has 3 heteroatoms. The Morgan fingerprint density at radius 1 is 0.810 bits per heavy atom. The van der Waals surface area contributed by atoms with E-state index in [1.807, 2.05) is 79.7 Å². The van der Waals surface area contributed by atoms with Gasteiger partial charge in [0.05, 0.1) is 6.61 Å². The number of benzene rings is 3. The molecule has 0 aliphatic carbocycles. The Hall–Kier alpha value is -1.89. The lowest BCUT2D eigenvalue weighted by molar-refractivity contribution is 0.348. The average molecular weight is 296 g/mol. The monoisotopic (exact) mass is 296 g/mol. The highest BCUT2D eigenvalue weighted by Crippen LogP contribution is 2.44. The zero-order chi connectivity index (χ0) is 14.7. The van der Waals surface area contributed by atoms with Gasteiger partial charge in [-0.05, 0) is 42.0 Å². The van der Waals surface area contributed by atoms with E-state index in [1.165, 1.54) is 0 Å². The molecule has 0 aromatic heterocycles. The fourth-order valence-electron chi connectivity index (χ4n) is 2.46. The second kappa shape index (κ2) is 5.85. The molecule has 0 N–H and O–H groups in total. The molecule has 1 unspecified atom stereocenters. The molecule has 3 aromatic carbocycles. The Morgan fingerprint density at radius 2 is 1.48 bits per heavy atom. The minimum atomic E-state index is -3.03. The van der Waals surface area contributed by atoms with Gasteiger partial charge in [-0.25, -0.2) is 0 Å². The van der Waals surface area contributed by atoms with Crippen LogP contribution in [0.4, 0.5) is 0 Å². The van der Waals surface area contributed by atoms with Crippen molar-refractivity contribution >= 4 is 28.8 Å². The summed E-state index contributed by atoms with van der Waals surface area (Å²) in [5.74, 6) is 0. The molecular formula is C18H17O2P. The highest BCUT2D eigenvalue weighted by atomic mass is 31.2. The van der Waals surface area contributed by atoms with Crippen molar-refractivity contribution in [1.82, 2.24) is 0 Å². The Morgan fingerprint density at radius 3 is 2.19 bits per heavy atom. The van der Waals surface area contributed by atoms with E-state index in [9.17, 15) is 4.57 Å². The van der Waals surface area contributed by atoms with Crippen LogP contribution in [0.25, 0.3) is 10.8 Å². The SMILES string of the molecule is CCOP(=O)(c1ccccc1)c1ccc2ccccc2c1. The van der Waals surface area contributed by atoms with E-state index >= 15 is 0 Å². The first-order chi connectivity index (χ1) is 10.2. The Balaban J connectivity index is 2.17. The summed E-state index contributed by atoms with van der Waals surface area (Å²) < 4.78 is 19.1. The van der Waals surface area contributed by atoms with Gasteiger partial charge in [0.1, 0.15) is 0 Å². The van der Waals surface area contributed by atoms with E-state index in [0.29, 0.717) is 6.61 Å². The van der Waals surface area contributed by atoms with E-state index in [2.05, 4.69) is 0 Å². The van der Waals surface area contributed by atoms with Gasteiger partial charge >= 0.3 is 0 Å². The summed E-state index contributed by atoms with van der Waals surface area (Å²) >= 11 is 0. The predicted octanol–water partition coefficient (Wildman–Crippen LogP) is 4.11. The maximum atomic E-state index is 13.4. The lowest BCUT2D eigenvalue weighted by Gasteiger charge is -2.19. The first-order valence-electron chi connectivity index (χ1n) is 7.03. The summed E-state index contributed by atoms with van der Waals surface area (Å²) in [7, 11) is -3.03. The molecule has 3 aromatic rings. The van der Waals surface area contributed by atoms with Crippen LogP contribution < -0.4 is 10.6 Å². The highest BCUT2D eigenvalue weighted by Gasteiger charge is 2.28. The van der Waals surface area contributed by atoms with Crippen LogP contribution in [0.3, 0.4) is 0 Å². The van der Waals surface area contributed by atoms with Crippen LogP contribution in [0.5, 0.6) is 0 Å². The lowest BCUT2D eigenvalue weighted by Crippen LogP contribution is -2.18. The largest absolute Gasteiger partial charge is 0.322 e. The normalized spacial score (nSPS) is 14.0. The van der Waals surface area contributed by atoms with E-state index in [0.717, 1.165) is 21.4 Å². The van der Waals surface area contributed by atoms with Gasteiger partial charge in [-0.15, -0.1) is 0 Å². The second-order valence-electron chi connectivity index (χ2n) is 4.84. The Kier molecular flexibility index (Phi) is 3.92. The standard InChI is InChI=1S/C18H17O2P/c1-2-20-21(19,17-10-4-3-5-11-17)18-13-12-15-8-6-7-9-16(15)14-18/h3-14H,2H2,1H3. The number of rotatable bonds is 4. The molecular weight excluding hydrogens is 279 g/mol. The Bertz CT molecular complexity index is 796. The molecule has 0 aliphatic heterocycles. The van der Waals surface area contributed by atoms with Crippen molar-refractivity contribution in [2.45, 2.75) is 6.92 Å². The van der Waals surface area contributed by atoms with Crippen LogP contribution in [0, 0.1) is 0 Å². The van der Waals surface area contributed by atoms with Gasteiger partial charge in [0.2, 0.25) is 0 Å². The number of hydrogen-bond donors (Lipinski definition) is 0. The molecule has 3 rings (SSSR count). The summed E-state index contributed by atoms with van der Waals surface area (Å²) in [6.07, 6.45) is 0. The van der Waals surface area contributed by atoms with Gasteiger partial charge in [-0.1, -0.05) is 48.5 Å². The molecule has 1 atom stereocenters. The third-order valence-electron chi connectivity index (χ3n) is 3.48. The number of fused-ring (bicyclic) bond motifs is 1. The van der Waals surface area contributed by atoms with E-state index in [-0.39, 0.29) is 0 Å². The summed E-state index contributed by atoms with van der Waals surface area (Å²) in [5, 5.41) is 3.69. The maximum Gasteiger partial charge on any atom is 0.261 e. The van der Waals surface area contributed by atoms with Crippen molar-refractivity contribution in [3.63, 3.8) is 0 Å². The van der Waals surface area contributed by atoms with Crippen LogP contribution in [-0.4, -0.2) is 6.61 Å². The first kappa shape index (κ1) is 14.1. The van der Waals surface area contributed by atoms with Crippen LogP contribution in [0.15, 0.2) is 72.8 Å². The van der Waals surface area contributed by atoms with E-state index in [4.69, 9.17) is 4.52 Å². The fraction of sp³-hybridized carbons (Fsp3) is 0.111. The van der Waals surface area contributed by atoms with Gasteiger partial charge in [-0.3, -0.25) is 4.57 Å². The zero-order valence-electron chi connectivity index (χ0n) is 11.9. The summed E-state index contributed by atoms with van der Waals surface area (Å²) in [5.41, 5.74) is 0. The summed E-state index contributed by atoms with van der Waals surface area (Å²) in [4.78, 5) is 0. The van der Waals surface area contributed by atoms with Crippen LogP contribution >= 0.6 is 7.37 Å². The van der Waals surface area contributed by atoms with E-state index < -0.39 is 7.37 Å². The van der Waals surface area contributed by atoms with Crippen molar-refractivity contribution in [1.29, 1.82) is 0 Å². The predicted molar refractivity (Wildman–Crippen MR) is 88.9 cm³/mol. The second-order valence-corrected chi connectivity index (χ2v) is 7.23.